The second-order valence-corrected chi connectivity index (χ2v) is 8.22. The third kappa shape index (κ3) is 5.05. The van der Waals surface area contributed by atoms with Crippen molar-refractivity contribution in [3.63, 3.8) is 0 Å². The molecule has 1 unspecified atom stereocenters. The number of morpholine rings is 1. The number of likely N-dealkylation sites (N-methyl/N-ethyl adjacent to an activating group) is 1. The Morgan fingerprint density at radius 3 is 2.27 bits per heavy atom. The fraction of sp³-hybridized carbons (Fsp3) is 0.417. The van der Waals surface area contributed by atoms with Gasteiger partial charge < -0.3 is 15.0 Å². The molecule has 1 N–H and O–H groups in total. The number of rotatable bonds is 6. The molecule has 160 valence electrons. The van der Waals surface area contributed by atoms with Crippen molar-refractivity contribution in [2.45, 2.75) is 32.3 Å². The first-order valence-electron chi connectivity index (χ1n) is 10.3. The van der Waals surface area contributed by atoms with Gasteiger partial charge in [0.2, 0.25) is 5.91 Å². The molecule has 1 saturated heterocycles. The molecule has 30 heavy (non-hydrogen) atoms. The molecule has 0 saturated carbocycles. The van der Waals surface area contributed by atoms with Gasteiger partial charge in [0.05, 0.1) is 13.2 Å². The smallest absolute Gasteiger partial charge is 0.254 e. The zero-order chi connectivity index (χ0) is 21.7. The summed E-state index contributed by atoms with van der Waals surface area (Å²) in [4.78, 5) is 27.1. The van der Waals surface area contributed by atoms with Crippen LogP contribution in [-0.4, -0.2) is 49.1 Å². The van der Waals surface area contributed by atoms with Crippen LogP contribution in [0.15, 0.2) is 48.5 Å². The number of carbonyl (C=O) groups is 2. The quantitative estimate of drug-likeness (QED) is 0.791. The average Bonchev–Trinajstić information content (AvgIpc) is 2.74. The first kappa shape index (κ1) is 22.0. The Bertz CT molecular complexity index is 880. The summed E-state index contributed by atoms with van der Waals surface area (Å²) in [6, 6.07) is 14.1. The van der Waals surface area contributed by atoms with Gasteiger partial charge in [-0.1, -0.05) is 50.2 Å². The van der Waals surface area contributed by atoms with E-state index in [4.69, 9.17) is 4.74 Å². The number of carbonyl (C=O) groups excluding carboxylic acids is 2. The first-order valence-corrected chi connectivity index (χ1v) is 10.3. The van der Waals surface area contributed by atoms with E-state index in [0.29, 0.717) is 26.0 Å². The maximum atomic E-state index is 13.2. The van der Waals surface area contributed by atoms with E-state index in [1.54, 1.807) is 24.1 Å². The van der Waals surface area contributed by atoms with Gasteiger partial charge in [-0.05, 0) is 34.7 Å². The summed E-state index contributed by atoms with van der Waals surface area (Å²) >= 11 is 0. The van der Waals surface area contributed by atoms with Crippen LogP contribution in [0.2, 0.25) is 0 Å². The Kier molecular flexibility index (Phi) is 6.87. The summed E-state index contributed by atoms with van der Waals surface area (Å²) < 4.78 is 19.1. The van der Waals surface area contributed by atoms with E-state index in [9.17, 15) is 14.0 Å². The number of nitrogens with one attached hydrogen (secondary N) is 1. The van der Waals surface area contributed by atoms with Crippen LogP contribution in [0.25, 0.3) is 11.1 Å². The lowest BCUT2D eigenvalue weighted by atomic mass is 9.90. The van der Waals surface area contributed by atoms with Crippen molar-refractivity contribution in [1.29, 1.82) is 0 Å². The molecule has 6 heteroatoms. The molecular weight excluding hydrogens is 383 g/mol. The van der Waals surface area contributed by atoms with Crippen molar-refractivity contribution < 1.29 is 18.7 Å². The first-order chi connectivity index (χ1) is 14.3. The molecule has 3 rings (SSSR count). The SMILES string of the molecule is CNC(=O)C1(Cc2ccc(-c3ccc(F)cc3)cc2)CN(C(=O)CC(C)C)CCO1. The molecule has 0 radical (unpaired) electrons. The van der Waals surface area contributed by atoms with E-state index >= 15 is 0 Å². The number of halogens is 1. The molecule has 1 aliphatic heterocycles. The maximum Gasteiger partial charge on any atom is 0.254 e. The zero-order valence-electron chi connectivity index (χ0n) is 17.8. The van der Waals surface area contributed by atoms with Crippen LogP contribution >= 0.6 is 0 Å². The summed E-state index contributed by atoms with van der Waals surface area (Å²) in [6.45, 7) is 5.07. The Morgan fingerprint density at radius 2 is 1.70 bits per heavy atom. The van der Waals surface area contributed by atoms with Gasteiger partial charge in [0.1, 0.15) is 5.82 Å². The van der Waals surface area contributed by atoms with Crippen molar-refractivity contribution in [3.8, 4) is 11.1 Å². The van der Waals surface area contributed by atoms with Gasteiger partial charge >= 0.3 is 0 Å². The van der Waals surface area contributed by atoms with Crippen LogP contribution in [0.5, 0.6) is 0 Å². The van der Waals surface area contributed by atoms with Gasteiger partial charge in [0.25, 0.3) is 5.91 Å². The maximum absolute atomic E-state index is 13.2. The molecule has 1 heterocycles. The van der Waals surface area contributed by atoms with E-state index in [0.717, 1.165) is 16.7 Å². The van der Waals surface area contributed by atoms with Crippen molar-refractivity contribution in [1.82, 2.24) is 10.2 Å². The third-order valence-electron chi connectivity index (χ3n) is 5.38. The summed E-state index contributed by atoms with van der Waals surface area (Å²) in [5, 5.41) is 2.70. The lowest BCUT2D eigenvalue weighted by Gasteiger charge is -2.41. The molecule has 0 spiro atoms. The van der Waals surface area contributed by atoms with Crippen LogP contribution in [0.3, 0.4) is 0 Å². The monoisotopic (exact) mass is 412 g/mol. The Balaban J connectivity index is 1.80. The Hall–Kier alpha value is -2.73. The van der Waals surface area contributed by atoms with E-state index in [1.807, 2.05) is 38.1 Å². The highest BCUT2D eigenvalue weighted by Gasteiger charge is 2.44. The highest BCUT2D eigenvalue weighted by molar-refractivity contribution is 5.87. The number of hydrogen-bond acceptors (Lipinski definition) is 3. The second kappa shape index (κ2) is 9.39. The third-order valence-corrected chi connectivity index (χ3v) is 5.38. The minimum Gasteiger partial charge on any atom is -0.361 e. The fourth-order valence-corrected chi connectivity index (χ4v) is 3.81. The standard InChI is InChI=1S/C24H29FN2O3/c1-17(2)14-22(28)27-12-13-30-24(16-27,23(29)26-3)15-18-4-6-19(7-5-18)20-8-10-21(25)11-9-20/h4-11,17H,12-16H2,1-3H3,(H,26,29). The minimum absolute atomic E-state index is 0.0493. The summed E-state index contributed by atoms with van der Waals surface area (Å²) in [6.07, 6.45) is 0.817. The van der Waals surface area contributed by atoms with Gasteiger partial charge in [-0.3, -0.25) is 9.59 Å². The molecule has 5 nitrogen and oxygen atoms in total. The largest absolute Gasteiger partial charge is 0.361 e. The molecule has 2 aromatic carbocycles. The molecule has 1 fully saturated rings. The summed E-state index contributed by atoms with van der Waals surface area (Å²) in [5.74, 6) is -0.192. The molecule has 0 aliphatic carbocycles. The van der Waals surface area contributed by atoms with Gasteiger partial charge in [-0.2, -0.15) is 0 Å². The molecule has 0 bridgehead atoms. The predicted octanol–water partition coefficient (Wildman–Crippen LogP) is 3.42. The summed E-state index contributed by atoms with van der Waals surface area (Å²) in [7, 11) is 1.58. The zero-order valence-corrected chi connectivity index (χ0v) is 17.8. The van der Waals surface area contributed by atoms with Crippen LogP contribution in [0, 0.1) is 11.7 Å². The number of ether oxygens (including phenoxy) is 1. The normalized spacial score (nSPS) is 19.0. The molecule has 1 aliphatic rings. The van der Waals surface area contributed by atoms with Gasteiger partial charge in [0, 0.05) is 26.4 Å². The van der Waals surface area contributed by atoms with Crippen molar-refractivity contribution >= 4 is 11.8 Å². The molecular formula is C24H29FN2O3. The van der Waals surface area contributed by atoms with E-state index in [-0.39, 0.29) is 30.1 Å². The van der Waals surface area contributed by atoms with Gasteiger partial charge in [-0.25, -0.2) is 4.39 Å². The lowest BCUT2D eigenvalue weighted by Crippen LogP contribution is -2.61. The lowest BCUT2D eigenvalue weighted by molar-refractivity contribution is -0.166. The van der Waals surface area contributed by atoms with E-state index in [1.165, 1.54) is 12.1 Å². The van der Waals surface area contributed by atoms with E-state index < -0.39 is 5.60 Å². The predicted molar refractivity (Wildman–Crippen MR) is 114 cm³/mol. The summed E-state index contributed by atoms with van der Waals surface area (Å²) in [5.41, 5.74) is 1.70. The average molecular weight is 413 g/mol. The number of hydrogen-bond donors (Lipinski definition) is 1. The molecule has 1 atom stereocenters. The molecule has 2 aromatic rings. The number of nitrogens with zero attached hydrogens (tertiary/aromatic N) is 1. The van der Waals surface area contributed by atoms with Crippen LogP contribution in [0.4, 0.5) is 4.39 Å². The van der Waals surface area contributed by atoms with E-state index in [2.05, 4.69) is 5.32 Å². The second-order valence-electron chi connectivity index (χ2n) is 8.22. The molecule has 2 amide bonds. The number of amides is 2. The van der Waals surface area contributed by atoms with Crippen LogP contribution in [0.1, 0.15) is 25.8 Å². The van der Waals surface area contributed by atoms with Gasteiger partial charge in [0.15, 0.2) is 5.60 Å². The van der Waals surface area contributed by atoms with Crippen molar-refractivity contribution in [3.05, 3.63) is 59.9 Å². The highest BCUT2D eigenvalue weighted by Crippen LogP contribution is 2.27. The number of benzene rings is 2. The van der Waals surface area contributed by atoms with Crippen LogP contribution < -0.4 is 5.32 Å². The van der Waals surface area contributed by atoms with Crippen molar-refractivity contribution in [2.24, 2.45) is 5.92 Å². The fourth-order valence-electron chi connectivity index (χ4n) is 3.81. The van der Waals surface area contributed by atoms with Crippen molar-refractivity contribution in [2.75, 3.05) is 26.7 Å². The topological polar surface area (TPSA) is 58.6 Å². The minimum atomic E-state index is -1.11. The highest BCUT2D eigenvalue weighted by atomic mass is 19.1. The molecule has 0 aromatic heterocycles. The Morgan fingerprint density at radius 1 is 1.10 bits per heavy atom. The Labute approximate surface area is 177 Å². The van der Waals surface area contributed by atoms with Crippen LogP contribution in [-0.2, 0) is 20.7 Å². The van der Waals surface area contributed by atoms with Gasteiger partial charge in [-0.15, -0.1) is 0 Å².